The molecule has 0 spiro atoms. The van der Waals surface area contributed by atoms with Crippen LogP contribution in [0.1, 0.15) is 21.7 Å². The molecule has 3 aromatic carbocycles. The van der Waals surface area contributed by atoms with Crippen LogP contribution in [0.15, 0.2) is 69.6 Å². The minimum atomic E-state index is -0.430. The molecule has 0 saturated heterocycles. The van der Waals surface area contributed by atoms with Crippen molar-refractivity contribution in [1.82, 2.24) is 0 Å². The number of para-hydroxylation sites is 1. The van der Waals surface area contributed by atoms with Crippen molar-refractivity contribution in [2.24, 2.45) is 0 Å². The Hall–Kier alpha value is -3.29. The van der Waals surface area contributed by atoms with E-state index in [0.717, 1.165) is 5.56 Å². The Bertz CT molecular complexity index is 1360. The summed E-state index contributed by atoms with van der Waals surface area (Å²) in [4.78, 5) is 26.0. The van der Waals surface area contributed by atoms with Crippen LogP contribution in [0.2, 0.25) is 5.02 Å². The van der Waals surface area contributed by atoms with E-state index in [1.165, 1.54) is 0 Å². The predicted molar refractivity (Wildman–Crippen MR) is 131 cm³/mol. The van der Waals surface area contributed by atoms with Crippen molar-refractivity contribution in [3.8, 4) is 11.5 Å². The Kier molecular flexibility index (Phi) is 6.72. The van der Waals surface area contributed by atoms with Crippen molar-refractivity contribution < 1.29 is 23.5 Å². The first-order valence-electron chi connectivity index (χ1n) is 9.96. The summed E-state index contributed by atoms with van der Waals surface area (Å²) < 4.78 is 17.3. The van der Waals surface area contributed by atoms with Crippen LogP contribution in [0.25, 0.3) is 11.0 Å². The van der Waals surface area contributed by atoms with Gasteiger partial charge in [0.2, 0.25) is 5.78 Å². The maximum absolute atomic E-state index is 13.3. The lowest BCUT2D eigenvalue weighted by atomic mass is 10.1. The number of nitrogens with one attached hydrogen (secondary N) is 1. The van der Waals surface area contributed by atoms with Gasteiger partial charge in [0.1, 0.15) is 17.1 Å². The summed E-state index contributed by atoms with van der Waals surface area (Å²) in [5.74, 6) is 0.370. The van der Waals surface area contributed by atoms with Gasteiger partial charge in [-0.05, 0) is 76.9 Å². The minimum Gasteiger partial charge on any atom is -0.496 e. The van der Waals surface area contributed by atoms with E-state index in [2.05, 4.69) is 21.2 Å². The molecule has 0 saturated carbocycles. The zero-order chi connectivity index (χ0) is 23.5. The van der Waals surface area contributed by atoms with E-state index >= 15 is 0 Å². The van der Waals surface area contributed by atoms with E-state index in [-0.39, 0.29) is 18.2 Å². The predicted octanol–water partition coefficient (Wildman–Crippen LogP) is 6.41. The Morgan fingerprint density at radius 1 is 1.06 bits per heavy atom. The molecular weight excluding hydrogens is 510 g/mol. The lowest BCUT2D eigenvalue weighted by Gasteiger charge is -2.10. The van der Waals surface area contributed by atoms with Crippen LogP contribution in [0.4, 0.5) is 5.69 Å². The normalized spacial score (nSPS) is 10.8. The maximum Gasteiger partial charge on any atom is 0.262 e. The highest BCUT2D eigenvalue weighted by molar-refractivity contribution is 9.10. The molecule has 8 heteroatoms. The van der Waals surface area contributed by atoms with E-state index in [1.54, 1.807) is 67.8 Å². The second kappa shape index (κ2) is 9.68. The topological polar surface area (TPSA) is 77.8 Å². The Morgan fingerprint density at radius 2 is 1.82 bits per heavy atom. The van der Waals surface area contributed by atoms with Crippen molar-refractivity contribution in [2.45, 2.75) is 6.92 Å². The summed E-state index contributed by atoms with van der Waals surface area (Å²) in [5.41, 5.74) is 1.97. The number of furan rings is 1. The molecule has 168 valence electrons. The highest BCUT2D eigenvalue weighted by atomic mass is 79.9. The molecule has 6 nitrogen and oxygen atoms in total. The van der Waals surface area contributed by atoms with E-state index in [4.69, 9.17) is 25.5 Å². The molecular formula is C25H19BrClNO5. The summed E-state index contributed by atoms with van der Waals surface area (Å²) in [5, 5.41) is 3.98. The Labute approximate surface area is 203 Å². The summed E-state index contributed by atoms with van der Waals surface area (Å²) in [6.45, 7) is 1.59. The number of carbonyl (C=O) groups excluding carboxylic acids is 2. The number of amides is 1. The van der Waals surface area contributed by atoms with Gasteiger partial charge < -0.3 is 19.2 Å². The van der Waals surface area contributed by atoms with Crippen molar-refractivity contribution >= 4 is 55.9 Å². The fraction of sp³-hybridized carbons (Fsp3) is 0.120. The minimum absolute atomic E-state index is 0.0318. The monoisotopic (exact) mass is 527 g/mol. The van der Waals surface area contributed by atoms with Gasteiger partial charge in [-0.3, -0.25) is 9.59 Å². The van der Waals surface area contributed by atoms with Crippen LogP contribution in [0, 0.1) is 6.92 Å². The third-order valence-corrected chi connectivity index (χ3v) is 5.83. The van der Waals surface area contributed by atoms with Gasteiger partial charge in [-0.1, -0.05) is 23.7 Å². The molecule has 33 heavy (non-hydrogen) atoms. The molecule has 0 fully saturated rings. The number of halogens is 2. The number of benzene rings is 3. The van der Waals surface area contributed by atoms with Crippen LogP contribution in [0.3, 0.4) is 0 Å². The first kappa shape index (κ1) is 22.9. The first-order chi connectivity index (χ1) is 15.9. The van der Waals surface area contributed by atoms with Crippen molar-refractivity contribution in [3.63, 3.8) is 0 Å². The fourth-order valence-corrected chi connectivity index (χ4v) is 4.13. The number of hydrogen-bond acceptors (Lipinski definition) is 5. The molecule has 1 heterocycles. The number of methoxy groups -OCH3 is 1. The zero-order valence-electron chi connectivity index (χ0n) is 17.8. The number of ketones is 1. The molecule has 4 aromatic rings. The number of anilines is 1. The fourth-order valence-electron chi connectivity index (χ4n) is 3.36. The molecule has 0 aliphatic rings. The molecule has 0 atom stereocenters. The second-order valence-corrected chi connectivity index (χ2v) is 8.52. The molecule has 4 rings (SSSR count). The van der Waals surface area contributed by atoms with Crippen LogP contribution in [-0.2, 0) is 4.79 Å². The number of carbonyl (C=O) groups is 2. The highest BCUT2D eigenvalue weighted by Crippen LogP contribution is 2.34. The second-order valence-electron chi connectivity index (χ2n) is 7.23. The molecule has 0 bridgehead atoms. The average Bonchev–Trinajstić information content (AvgIpc) is 3.16. The quantitative estimate of drug-likeness (QED) is 0.280. The molecule has 1 aromatic heterocycles. The van der Waals surface area contributed by atoms with Crippen molar-refractivity contribution in [1.29, 1.82) is 0 Å². The third-order valence-electron chi connectivity index (χ3n) is 4.98. The highest BCUT2D eigenvalue weighted by Gasteiger charge is 2.24. The standard InChI is InChI=1S/C25H19BrClNO5/c1-14-11-16(27)8-10-19(14)32-13-22(29)28-23-17-5-3-4-6-20(17)33-25(23)24(30)15-7-9-21(31-2)18(26)12-15/h3-12H,13H2,1-2H3,(H,28,29). The lowest BCUT2D eigenvalue weighted by Crippen LogP contribution is -2.21. The van der Waals surface area contributed by atoms with Gasteiger partial charge in [0, 0.05) is 16.0 Å². The number of fused-ring (bicyclic) bond motifs is 1. The van der Waals surface area contributed by atoms with Crippen LogP contribution in [0.5, 0.6) is 11.5 Å². The van der Waals surface area contributed by atoms with Gasteiger partial charge in [-0.15, -0.1) is 0 Å². The van der Waals surface area contributed by atoms with E-state index in [9.17, 15) is 9.59 Å². The molecule has 0 aliphatic carbocycles. The van der Waals surface area contributed by atoms with Crippen molar-refractivity contribution in [2.75, 3.05) is 19.0 Å². The summed E-state index contributed by atoms with van der Waals surface area (Å²) in [6.07, 6.45) is 0. The third kappa shape index (κ3) is 4.89. The SMILES string of the molecule is COc1ccc(C(=O)c2oc3ccccc3c2NC(=O)COc2ccc(Cl)cc2C)cc1Br. The van der Waals surface area contributed by atoms with E-state index < -0.39 is 5.91 Å². The first-order valence-corrected chi connectivity index (χ1v) is 11.1. The van der Waals surface area contributed by atoms with Gasteiger partial charge in [0.25, 0.3) is 5.91 Å². The van der Waals surface area contributed by atoms with Gasteiger partial charge in [0.05, 0.1) is 17.3 Å². The number of hydrogen-bond donors (Lipinski definition) is 1. The Morgan fingerprint density at radius 3 is 2.55 bits per heavy atom. The molecule has 0 aliphatic heterocycles. The van der Waals surface area contributed by atoms with Crippen LogP contribution < -0.4 is 14.8 Å². The number of aryl methyl sites for hydroxylation is 1. The molecule has 0 unspecified atom stereocenters. The van der Waals surface area contributed by atoms with Crippen molar-refractivity contribution in [3.05, 3.63) is 87.0 Å². The van der Waals surface area contributed by atoms with E-state index in [0.29, 0.717) is 43.2 Å². The number of ether oxygens (including phenoxy) is 2. The molecule has 0 radical (unpaired) electrons. The van der Waals surface area contributed by atoms with Gasteiger partial charge in [-0.25, -0.2) is 0 Å². The summed E-state index contributed by atoms with van der Waals surface area (Å²) in [6, 6.07) is 17.2. The summed E-state index contributed by atoms with van der Waals surface area (Å²) >= 11 is 9.36. The summed E-state index contributed by atoms with van der Waals surface area (Å²) in [7, 11) is 1.54. The van der Waals surface area contributed by atoms with Gasteiger partial charge >= 0.3 is 0 Å². The maximum atomic E-state index is 13.3. The average molecular weight is 529 g/mol. The number of rotatable bonds is 7. The van der Waals surface area contributed by atoms with Crippen LogP contribution >= 0.6 is 27.5 Å². The van der Waals surface area contributed by atoms with Crippen LogP contribution in [-0.4, -0.2) is 25.4 Å². The zero-order valence-corrected chi connectivity index (χ0v) is 20.1. The smallest absolute Gasteiger partial charge is 0.262 e. The van der Waals surface area contributed by atoms with E-state index in [1.807, 2.05) is 6.92 Å². The van der Waals surface area contributed by atoms with Gasteiger partial charge in [-0.2, -0.15) is 0 Å². The Balaban J connectivity index is 1.61. The largest absolute Gasteiger partial charge is 0.496 e. The molecule has 1 amide bonds. The molecule has 1 N–H and O–H groups in total. The lowest BCUT2D eigenvalue weighted by molar-refractivity contribution is -0.118. The van der Waals surface area contributed by atoms with Gasteiger partial charge in [0.15, 0.2) is 12.4 Å².